The highest BCUT2D eigenvalue weighted by Crippen LogP contribution is 2.15. The summed E-state index contributed by atoms with van der Waals surface area (Å²) in [6.07, 6.45) is 5.73. The Balaban J connectivity index is 1.43. The van der Waals surface area contributed by atoms with Gasteiger partial charge < -0.3 is 5.32 Å². The molecule has 4 aromatic rings. The van der Waals surface area contributed by atoms with E-state index in [0.29, 0.717) is 12.0 Å². The summed E-state index contributed by atoms with van der Waals surface area (Å²) in [5, 5.41) is 7.28. The zero-order chi connectivity index (χ0) is 22.5. The van der Waals surface area contributed by atoms with E-state index in [0.717, 1.165) is 33.8 Å². The first-order valence-corrected chi connectivity index (χ1v) is 10.4. The van der Waals surface area contributed by atoms with Crippen LogP contribution in [-0.4, -0.2) is 26.5 Å². The van der Waals surface area contributed by atoms with Crippen LogP contribution in [0.5, 0.6) is 0 Å². The third kappa shape index (κ3) is 5.35. The van der Waals surface area contributed by atoms with Gasteiger partial charge in [-0.2, -0.15) is 5.10 Å². The van der Waals surface area contributed by atoms with Crippen LogP contribution in [0.4, 0.5) is 5.69 Å². The van der Waals surface area contributed by atoms with Crippen molar-refractivity contribution in [3.63, 3.8) is 0 Å². The zero-order valence-electron chi connectivity index (χ0n) is 18.1. The molecule has 0 saturated heterocycles. The van der Waals surface area contributed by atoms with Gasteiger partial charge in [-0.15, -0.1) is 0 Å². The zero-order valence-corrected chi connectivity index (χ0v) is 18.1. The van der Waals surface area contributed by atoms with Crippen LogP contribution in [0, 0.1) is 13.8 Å². The molecule has 2 heterocycles. The van der Waals surface area contributed by atoms with E-state index in [1.165, 1.54) is 0 Å². The molecule has 0 fully saturated rings. The third-order valence-corrected chi connectivity index (χ3v) is 5.06. The Bertz CT molecular complexity index is 1280. The van der Waals surface area contributed by atoms with Crippen molar-refractivity contribution in [2.75, 3.05) is 5.32 Å². The molecule has 0 aliphatic rings. The topological polar surface area (TPSA) is 76.9 Å². The lowest BCUT2D eigenvalue weighted by atomic mass is 10.0. The Hall–Kier alpha value is -4.06. The molecule has 2 aromatic heterocycles. The fourth-order valence-corrected chi connectivity index (χ4v) is 3.53. The molecule has 0 aliphatic carbocycles. The summed E-state index contributed by atoms with van der Waals surface area (Å²) in [5.74, 6) is -0.0749. The second-order valence-corrected chi connectivity index (χ2v) is 7.84. The van der Waals surface area contributed by atoms with Gasteiger partial charge in [-0.1, -0.05) is 24.3 Å². The van der Waals surface area contributed by atoms with E-state index in [4.69, 9.17) is 0 Å². The number of hydrogen-bond donors (Lipinski definition) is 1. The molecule has 1 amide bonds. The van der Waals surface area contributed by atoms with Gasteiger partial charge in [-0.25, -0.2) is 4.68 Å². The van der Waals surface area contributed by atoms with Crippen LogP contribution >= 0.6 is 0 Å². The third-order valence-electron chi connectivity index (χ3n) is 5.06. The Labute approximate surface area is 186 Å². The van der Waals surface area contributed by atoms with Gasteiger partial charge in [0, 0.05) is 35.8 Å². The highest BCUT2D eigenvalue weighted by atomic mass is 16.1. The lowest BCUT2D eigenvalue weighted by molar-refractivity contribution is -0.115. The van der Waals surface area contributed by atoms with Gasteiger partial charge in [0.2, 0.25) is 5.91 Å². The second-order valence-electron chi connectivity index (χ2n) is 7.84. The van der Waals surface area contributed by atoms with Crippen LogP contribution in [-0.2, 0) is 17.6 Å². The summed E-state index contributed by atoms with van der Waals surface area (Å²) >= 11 is 0. The van der Waals surface area contributed by atoms with Crippen LogP contribution in [0.15, 0.2) is 79.3 Å². The molecule has 2 aromatic carbocycles. The fraction of sp³-hybridized carbons (Fsp3) is 0.154. The van der Waals surface area contributed by atoms with Crippen molar-refractivity contribution in [3.05, 3.63) is 107 Å². The molecule has 0 atom stereocenters. The number of carbonyl (C=O) groups excluding carboxylic acids is 2. The van der Waals surface area contributed by atoms with Crippen LogP contribution in [0.1, 0.15) is 32.7 Å². The SMILES string of the molecule is Cc1cccc(NC(=O)Cc2cnn(-c3cccc(C(=O)Cc4ccnc(C)c4)c3)c2)c1. The van der Waals surface area contributed by atoms with Crippen molar-refractivity contribution in [3.8, 4) is 5.69 Å². The molecule has 6 nitrogen and oxygen atoms in total. The van der Waals surface area contributed by atoms with Crippen molar-refractivity contribution in [1.82, 2.24) is 14.8 Å². The number of rotatable bonds is 7. The monoisotopic (exact) mass is 424 g/mol. The van der Waals surface area contributed by atoms with E-state index in [-0.39, 0.29) is 18.1 Å². The molecule has 160 valence electrons. The fourth-order valence-electron chi connectivity index (χ4n) is 3.53. The van der Waals surface area contributed by atoms with Gasteiger partial charge in [0.05, 0.1) is 18.3 Å². The number of aryl methyl sites for hydroxylation is 2. The number of anilines is 1. The summed E-state index contributed by atoms with van der Waals surface area (Å²) in [6.45, 7) is 3.89. The number of benzene rings is 2. The van der Waals surface area contributed by atoms with Crippen LogP contribution in [0.2, 0.25) is 0 Å². The minimum absolute atomic E-state index is 0.0300. The predicted molar refractivity (Wildman–Crippen MR) is 124 cm³/mol. The van der Waals surface area contributed by atoms with E-state index in [2.05, 4.69) is 15.4 Å². The highest BCUT2D eigenvalue weighted by molar-refractivity contribution is 5.98. The number of Topliss-reactive ketones (excluding diaryl/α,β-unsaturated/α-hetero) is 1. The smallest absolute Gasteiger partial charge is 0.228 e. The Morgan fingerprint density at radius 1 is 0.938 bits per heavy atom. The molecule has 0 bridgehead atoms. The minimum atomic E-state index is -0.105. The number of hydrogen-bond acceptors (Lipinski definition) is 4. The second kappa shape index (κ2) is 9.39. The Morgan fingerprint density at radius 2 is 1.78 bits per heavy atom. The largest absolute Gasteiger partial charge is 0.326 e. The summed E-state index contributed by atoms with van der Waals surface area (Å²) in [6, 6.07) is 18.8. The first kappa shape index (κ1) is 21.2. The predicted octanol–water partition coefficient (Wildman–Crippen LogP) is 4.49. The molecule has 4 rings (SSSR count). The molecule has 1 N–H and O–H groups in total. The van der Waals surface area contributed by atoms with Crippen molar-refractivity contribution in [1.29, 1.82) is 0 Å². The molecule has 0 radical (unpaired) electrons. The maximum atomic E-state index is 12.8. The minimum Gasteiger partial charge on any atom is -0.326 e. The standard InChI is InChI=1S/C26H24N4O2/c1-18-5-3-7-23(11-18)29-26(32)14-21-16-28-30(17-21)24-8-4-6-22(15-24)25(31)13-20-9-10-27-19(2)12-20/h3-12,15-17H,13-14H2,1-2H3,(H,29,32). The Morgan fingerprint density at radius 3 is 2.59 bits per heavy atom. The number of aromatic nitrogens is 3. The molecule has 0 unspecified atom stereocenters. The highest BCUT2D eigenvalue weighted by Gasteiger charge is 2.11. The van der Waals surface area contributed by atoms with Crippen LogP contribution < -0.4 is 5.32 Å². The van der Waals surface area contributed by atoms with Gasteiger partial charge in [0.15, 0.2) is 5.78 Å². The van der Waals surface area contributed by atoms with Crippen molar-refractivity contribution in [2.45, 2.75) is 26.7 Å². The Kier molecular flexibility index (Phi) is 6.22. The van der Waals surface area contributed by atoms with Crippen molar-refractivity contribution < 1.29 is 9.59 Å². The van der Waals surface area contributed by atoms with Gasteiger partial charge in [0.25, 0.3) is 0 Å². The lowest BCUT2D eigenvalue weighted by Gasteiger charge is -2.06. The van der Waals surface area contributed by atoms with E-state index in [9.17, 15) is 9.59 Å². The molecular weight excluding hydrogens is 400 g/mol. The first-order chi connectivity index (χ1) is 15.5. The number of ketones is 1. The quantitative estimate of drug-likeness (QED) is 0.444. The van der Waals surface area contributed by atoms with Gasteiger partial charge in [0.1, 0.15) is 0 Å². The summed E-state index contributed by atoms with van der Waals surface area (Å²) in [7, 11) is 0. The maximum absolute atomic E-state index is 12.8. The number of nitrogens with one attached hydrogen (secondary N) is 1. The average Bonchev–Trinajstić information content (AvgIpc) is 3.22. The molecule has 32 heavy (non-hydrogen) atoms. The number of nitrogens with zero attached hydrogens (tertiary/aromatic N) is 3. The van der Waals surface area contributed by atoms with Crippen LogP contribution in [0.25, 0.3) is 5.69 Å². The lowest BCUT2D eigenvalue weighted by Crippen LogP contribution is -2.14. The van der Waals surface area contributed by atoms with Gasteiger partial charge >= 0.3 is 0 Å². The molecule has 6 heteroatoms. The van der Waals surface area contributed by atoms with Crippen LogP contribution in [0.3, 0.4) is 0 Å². The summed E-state index contributed by atoms with van der Waals surface area (Å²) in [5.41, 5.74) is 5.87. The number of carbonyl (C=O) groups is 2. The normalized spacial score (nSPS) is 10.7. The van der Waals surface area contributed by atoms with Gasteiger partial charge in [-0.05, 0) is 66.9 Å². The summed E-state index contributed by atoms with van der Waals surface area (Å²) < 4.78 is 1.68. The molecule has 0 spiro atoms. The molecule has 0 aliphatic heterocycles. The average molecular weight is 425 g/mol. The van der Waals surface area contributed by atoms with Crippen molar-refractivity contribution >= 4 is 17.4 Å². The van der Waals surface area contributed by atoms with E-state index in [1.54, 1.807) is 23.1 Å². The van der Waals surface area contributed by atoms with Gasteiger partial charge in [-0.3, -0.25) is 14.6 Å². The van der Waals surface area contributed by atoms with E-state index >= 15 is 0 Å². The summed E-state index contributed by atoms with van der Waals surface area (Å²) in [4.78, 5) is 29.3. The molecule has 0 saturated carbocycles. The van der Waals surface area contributed by atoms with E-state index < -0.39 is 0 Å². The number of amides is 1. The van der Waals surface area contributed by atoms with E-state index in [1.807, 2.05) is 74.6 Å². The first-order valence-electron chi connectivity index (χ1n) is 10.4. The molecular formula is C26H24N4O2. The maximum Gasteiger partial charge on any atom is 0.228 e. The van der Waals surface area contributed by atoms with Crippen molar-refractivity contribution in [2.24, 2.45) is 0 Å². The number of pyridine rings is 1.